The van der Waals surface area contributed by atoms with Crippen LogP contribution in [0.25, 0.3) is 0 Å². The first-order valence-corrected chi connectivity index (χ1v) is 7.70. The van der Waals surface area contributed by atoms with E-state index >= 15 is 0 Å². The third kappa shape index (κ3) is 3.28. The summed E-state index contributed by atoms with van der Waals surface area (Å²) in [5.41, 5.74) is 0. The monoisotopic (exact) mass is 293 g/mol. The molecule has 1 aromatic heterocycles. The number of allylic oxidation sites excluding steroid dienone is 2. The number of carboxylic acids is 1. The number of amides is 1. The molecule has 1 aliphatic carbocycles. The largest absolute Gasteiger partial charge is 0.481 e. The van der Waals surface area contributed by atoms with E-state index in [-0.39, 0.29) is 5.91 Å². The van der Waals surface area contributed by atoms with Crippen LogP contribution in [-0.4, -0.2) is 28.4 Å². The van der Waals surface area contributed by atoms with Crippen LogP contribution in [0.15, 0.2) is 29.7 Å². The summed E-state index contributed by atoms with van der Waals surface area (Å²) in [4.78, 5) is 26.8. The Hall–Kier alpha value is -1.62. The Morgan fingerprint density at radius 2 is 2.05 bits per heavy atom. The molecule has 0 bridgehead atoms. The molecule has 1 N–H and O–H groups in total. The van der Waals surface area contributed by atoms with E-state index in [2.05, 4.69) is 0 Å². The van der Waals surface area contributed by atoms with Gasteiger partial charge < -0.3 is 10.0 Å². The SMILES string of the molecule is CCN(Cc1cccs1)C(=O)C1CC=CCC1C(=O)O. The van der Waals surface area contributed by atoms with Gasteiger partial charge in [0.25, 0.3) is 0 Å². The number of hydrogen-bond donors (Lipinski definition) is 1. The predicted octanol–water partition coefficient (Wildman–Crippen LogP) is 2.76. The molecule has 0 aliphatic heterocycles. The van der Waals surface area contributed by atoms with E-state index in [4.69, 9.17) is 0 Å². The highest BCUT2D eigenvalue weighted by Gasteiger charge is 2.36. The van der Waals surface area contributed by atoms with Crippen molar-refractivity contribution in [2.75, 3.05) is 6.54 Å². The zero-order valence-electron chi connectivity index (χ0n) is 11.5. The van der Waals surface area contributed by atoms with Gasteiger partial charge >= 0.3 is 5.97 Å². The Labute approximate surface area is 122 Å². The van der Waals surface area contributed by atoms with E-state index in [9.17, 15) is 14.7 Å². The molecule has 1 heterocycles. The summed E-state index contributed by atoms with van der Waals surface area (Å²) in [6, 6.07) is 3.96. The van der Waals surface area contributed by atoms with Gasteiger partial charge in [0.2, 0.25) is 5.91 Å². The normalized spacial score (nSPS) is 21.6. The van der Waals surface area contributed by atoms with Crippen LogP contribution in [-0.2, 0) is 16.1 Å². The van der Waals surface area contributed by atoms with Crippen molar-refractivity contribution in [3.05, 3.63) is 34.5 Å². The highest BCUT2D eigenvalue weighted by atomic mass is 32.1. The van der Waals surface area contributed by atoms with Crippen molar-refractivity contribution < 1.29 is 14.7 Å². The smallest absolute Gasteiger partial charge is 0.307 e. The first-order valence-electron chi connectivity index (χ1n) is 6.82. The molecule has 108 valence electrons. The summed E-state index contributed by atoms with van der Waals surface area (Å²) in [6.07, 6.45) is 4.75. The maximum atomic E-state index is 12.6. The molecule has 0 radical (unpaired) electrons. The van der Waals surface area contributed by atoms with Crippen LogP contribution in [0, 0.1) is 11.8 Å². The van der Waals surface area contributed by atoms with Crippen molar-refractivity contribution in [3.8, 4) is 0 Å². The highest BCUT2D eigenvalue weighted by Crippen LogP contribution is 2.28. The summed E-state index contributed by atoms with van der Waals surface area (Å²) >= 11 is 1.61. The minimum atomic E-state index is -0.875. The third-order valence-electron chi connectivity index (χ3n) is 3.69. The first-order chi connectivity index (χ1) is 9.63. The molecule has 0 saturated heterocycles. The van der Waals surface area contributed by atoms with Gasteiger partial charge in [0, 0.05) is 11.4 Å². The molecule has 1 amide bonds. The van der Waals surface area contributed by atoms with Crippen LogP contribution < -0.4 is 0 Å². The molecule has 1 aliphatic rings. The van der Waals surface area contributed by atoms with Gasteiger partial charge in [-0.05, 0) is 31.2 Å². The van der Waals surface area contributed by atoms with Crippen molar-refractivity contribution in [1.29, 1.82) is 0 Å². The lowest BCUT2D eigenvalue weighted by atomic mass is 9.82. The average Bonchev–Trinajstić information content (AvgIpc) is 2.97. The molecule has 4 nitrogen and oxygen atoms in total. The molecule has 2 atom stereocenters. The van der Waals surface area contributed by atoms with E-state index in [0.29, 0.717) is 25.9 Å². The van der Waals surface area contributed by atoms with Crippen LogP contribution in [0.3, 0.4) is 0 Å². The number of nitrogens with zero attached hydrogens (tertiary/aromatic N) is 1. The fourth-order valence-electron chi connectivity index (χ4n) is 2.53. The van der Waals surface area contributed by atoms with E-state index in [0.717, 1.165) is 4.88 Å². The number of rotatable bonds is 5. The second-order valence-electron chi connectivity index (χ2n) is 4.93. The van der Waals surface area contributed by atoms with Crippen LogP contribution in [0.2, 0.25) is 0 Å². The second kappa shape index (κ2) is 6.70. The van der Waals surface area contributed by atoms with E-state index in [1.165, 1.54) is 0 Å². The lowest BCUT2D eigenvalue weighted by Gasteiger charge is -2.30. The van der Waals surface area contributed by atoms with Crippen LogP contribution in [0.4, 0.5) is 0 Å². The Bertz CT molecular complexity index is 495. The molecule has 0 aromatic carbocycles. The van der Waals surface area contributed by atoms with Crippen molar-refractivity contribution in [2.45, 2.75) is 26.3 Å². The Morgan fingerprint density at radius 3 is 2.60 bits per heavy atom. The average molecular weight is 293 g/mol. The standard InChI is InChI=1S/C15H19NO3S/c1-2-16(10-11-6-5-9-20-11)14(17)12-7-3-4-8-13(12)15(18)19/h3-6,9,12-13H,2,7-8,10H2,1H3,(H,18,19). The summed E-state index contributed by atoms with van der Waals surface area (Å²) in [7, 11) is 0. The Morgan fingerprint density at radius 1 is 1.35 bits per heavy atom. The lowest BCUT2D eigenvalue weighted by molar-refractivity contribution is -0.150. The van der Waals surface area contributed by atoms with Gasteiger partial charge in [-0.1, -0.05) is 18.2 Å². The molecule has 0 spiro atoms. The Balaban J connectivity index is 2.10. The molecule has 0 saturated carbocycles. The van der Waals surface area contributed by atoms with Crippen molar-refractivity contribution in [2.24, 2.45) is 11.8 Å². The highest BCUT2D eigenvalue weighted by molar-refractivity contribution is 7.09. The Kier molecular flexibility index (Phi) is 4.95. The fraction of sp³-hybridized carbons (Fsp3) is 0.467. The number of aliphatic carboxylic acids is 1. The minimum Gasteiger partial charge on any atom is -0.481 e. The molecule has 2 rings (SSSR count). The van der Waals surface area contributed by atoms with Crippen LogP contribution in [0.5, 0.6) is 0 Å². The summed E-state index contributed by atoms with van der Waals surface area (Å²) in [6.45, 7) is 3.10. The lowest BCUT2D eigenvalue weighted by Crippen LogP contribution is -2.41. The summed E-state index contributed by atoms with van der Waals surface area (Å²) in [5.74, 6) is -1.94. The molecular formula is C15H19NO3S. The number of carbonyl (C=O) groups is 2. The van der Waals surface area contributed by atoms with Crippen LogP contribution >= 0.6 is 11.3 Å². The zero-order valence-corrected chi connectivity index (χ0v) is 12.3. The number of hydrogen-bond acceptors (Lipinski definition) is 3. The van der Waals surface area contributed by atoms with E-state index in [1.807, 2.05) is 36.6 Å². The van der Waals surface area contributed by atoms with Gasteiger partial charge in [-0.25, -0.2) is 0 Å². The molecular weight excluding hydrogens is 274 g/mol. The van der Waals surface area contributed by atoms with Crippen molar-refractivity contribution >= 4 is 23.2 Å². The predicted molar refractivity (Wildman–Crippen MR) is 78.4 cm³/mol. The summed E-state index contributed by atoms with van der Waals surface area (Å²) in [5, 5.41) is 11.2. The number of thiophene rings is 1. The van der Waals surface area contributed by atoms with Crippen LogP contribution in [0.1, 0.15) is 24.6 Å². The van der Waals surface area contributed by atoms with Gasteiger partial charge in [-0.15, -0.1) is 11.3 Å². The van der Waals surface area contributed by atoms with E-state index < -0.39 is 17.8 Å². The van der Waals surface area contributed by atoms with Crippen molar-refractivity contribution in [3.63, 3.8) is 0 Å². The first kappa shape index (κ1) is 14.8. The second-order valence-corrected chi connectivity index (χ2v) is 5.96. The maximum absolute atomic E-state index is 12.6. The molecule has 0 fully saturated rings. The van der Waals surface area contributed by atoms with Crippen molar-refractivity contribution in [1.82, 2.24) is 4.90 Å². The fourth-order valence-corrected chi connectivity index (χ4v) is 3.25. The zero-order chi connectivity index (χ0) is 14.5. The van der Waals surface area contributed by atoms with Gasteiger partial charge in [-0.2, -0.15) is 0 Å². The number of carbonyl (C=O) groups excluding carboxylic acids is 1. The summed E-state index contributed by atoms with van der Waals surface area (Å²) < 4.78 is 0. The molecule has 1 aromatic rings. The minimum absolute atomic E-state index is 0.0438. The topological polar surface area (TPSA) is 57.6 Å². The maximum Gasteiger partial charge on any atom is 0.307 e. The molecule has 20 heavy (non-hydrogen) atoms. The van der Waals surface area contributed by atoms with Gasteiger partial charge in [0.05, 0.1) is 18.4 Å². The third-order valence-corrected chi connectivity index (χ3v) is 4.55. The molecule has 5 heteroatoms. The number of carboxylic acid groups (broad SMARTS) is 1. The van der Waals surface area contributed by atoms with Gasteiger partial charge in [0.15, 0.2) is 0 Å². The van der Waals surface area contributed by atoms with Gasteiger partial charge in [-0.3, -0.25) is 9.59 Å². The molecule has 2 unspecified atom stereocenters. The van der Waals surface area contributed by atoms with Gasteiger partial charge in [0.1, 0.15) is 0 Å². The van der Waals surface area contributed by atoms with E-state index in [1.54, 1.807) is 16.2 Å². The quantitative estimate of drug-likeness (QED) is 0.849.